The van der Waals surface area contributed by atoms with Crippen molar-refractivity contribution in [3.05, 3.63) is 60.7 Å². The smallest absolute Gasteiger partial charge is 0.199 e. The molecule has 0 amide bonds. The molecular weight excluding hydrogens is 277 g/mol. The minimum absolute atomic E-state index is 0.751. The molecule has 0 aromatic heterocycles. The fourth-order valence-corrected chi connectivity index (χ4v) is 4.05. The van der Waals surface area contributed by atoms with Crippen LogP contribution in [0, 0.1) is 0 Å². The molecule has 4 heteroatoms. The van der Waals surface area contributed by atoms with Gasteiger partial charge >= 0.3 is 0 Å². The molecule has 0 aliphatic carbocycles. The second-order valence-corrected chi connectivity index (χ2v) is 7.03. The van der Waals surface area contributed by atoms with Gasteiger partial charge < -0.3 is 9.80 Å². The lowest BCUT2D eigenvalue weighted by molar-refractivity contribution is 0.486. The third-order valence-electron chi connectivity index (χ3n) is 2.99. The highest BCUT2D eigenvalue weighted by Crippen LogP contribution is 2.35. The third-order valence-corrected chi connectivity index (χ3v) is 4.94. The number of hydrogen-bond donors (Lipinski definition) is 0. The van der Waals surface area contributed by atoms with Crippen molar-refractivity contribution in [3.8, 4) is 0 Å². The summed E-state index contributed by atoms with van der Waals surface area (Å²) in [6, 6.07) is 21.0. The van der Waals surface area contributed by atoms with Gasteiger partial charge in [0.2, 0.25) is 0 Å². The van der Waals surface area contributed by atoms with Crippen LogP contribution in [0.3, 0.4) is 0 Å². The van der Waals surface area contributed by atoms with Gasteiger partial charge in [-0.25, -0.2) is 4.76 Å². The van der Waals surface area contributed by atoms with Crippen LogP contribution in [0.2, 0.25) is 0 Å². The first-order chi connectivity index (χ1) is 10.1. The third kappa shape index (κ3) is 4.05. The predicted molar refractivity (Wildman–Crippen MR) is 93.9 cm³/mol. The van der Waals surface area contributed by atoms with E-state index in [0.29, 0.717) is 0 Å². The molecule has 3 nitrogen and oxygen atoms in total. The summed E-state index contributed by atoms with van der Waals surface area (Å²) >= 11 is 0. The van der Waals surface area contributed by atoms with Crippen LogP contribution >= 0.6 is 8.07 Å². The van der Waals surface area contributed by atoms with E-state index in [4.69, 9.17) is 4.76 Å². The Morgan fingerprint density at radius 1 is 0.714 bits per heavy atom. The van der Waals surface area contributed by atoms with Crippen LogP contribution in [0.5, 0.6) is 0 Å². The molecule has 0 N–H and O–H groups in total. The highest BCUT2D eigenvalue weighted by atomic mass is 31.1. The zero-order chi connectivity index (χ0) is 15.2. The molecule has 0 aliphatic heterocycles. The summed E-state index contributed by atoms with van der Waals surface area (Å²) in [6.45, 7) is 0. The van der Waals surface area contributed by atoms with Gasteiger partial charge in [0, 0.05) is 38.8 Å². The Kier molecular flexibility index (Phi) is 5.35. The lowest BCUT2D eigenvalue weighted by atomic mass is 10.4. The Morgan fingerprint density at radius 3 is 1.43 bits per heavy atom. The topological polar surface area (TPSA) is 18.8 Å². The van der Waals surface area contributed by atoms with Crippen molar-refractivity contribution in [2.24, 2.45) is 4.76 Å². The fourth-order valence-electron chi connectivity index (χ4n) is 2.07. The van der Waals surface area contributed by atoms with Crippen LogP contribution in [0.15, 0.2) is 65.4 Å². The number of benzene rings is 2. The van der Waals surface area contributed by atoms with E-state index < -0.39 is 8.07 Å². The van der Waals surface area contributed by atoms with Crippen LogP contribution < -0.4 is 10.6 Å². The van der Waals surface area contributed by atoms with E-state index in [9.17, 15) is 0 Å². The van der Waals surface area contributed by atoms with Crippen molar-refractivity contribution in [1.82, 2.24) is 9.80 Å². The van der Waals surface area contributed by atoms with Crippen molar-refractivity contribution < 1.29 is 0 Å². The molecule has 0 heterocycles. The molecule has 0 saturated heterocycles. The lowest BCUT2D eigenvalue weighted by Gasteiger charge is -2.25. The Bertz CT molecular complexity index is 530. The zero-order valence-corrected chi connectivity index (χ0v) is 14.0. The van der Waals surface area contributed by atoms with E-state index in [1.165, 1.54) is 10.6 Å². The number of rotatable bonds is 3. The van der Waals surface area contributed by atoms with Gasteiger partial charge in [0.25, 0.3) is 0 Å². The maximum atomic E-state index is 5.05. The van der Waals surface area contributed by atoms with Crippen molar-refractivity contribution in [2.75, 3.05) is 28.2 Å². The summed E-state index contributed by atoms with van der Waals surface area (Å²) in [5, 5.41) is 2.53. The average molecular weight is 299 g/mol. The van der Waals surface area contributed by atoms with Gasteiger partial charge in [-0.3, -0.25) is 0 Å². The molecule has 0 saturated carbocycles. The highest BCUT2D eigenvalue weighted by molar-refractivity contribution is 7.71. The highest BCUT2D eigenvalue weighted by Gasteiger charge is 2.15. The fraction of sp³-hybridized carbons (Fsp3) is 0.235. The van der Waals surface area contributed by atoms with Gasteiger partial charge in [-0.2, -0.15) is 0 Å². The lowest BCUT2D eigenvalue weighted by Crippen LogP contribution is -2.35. The zero-order valence-electron chi connectivity index (χ0n) is 13.1. The van der Waals surface area contributed by atoms with Crippen LogP contribution in [0.4, 0.5) is 0 Å². The molecule has 0 fully saturated rings. The van der Waals surface area contributed by atoms with Crippen LogP contribution in [-0.4, -0.2) is 44.0 Å². The largest absolute Gasteiger partial charge is 0.349 e. The monoisotopic (exact) mass is 299 g/mol. The first-order valence-electron chi connectivity index (χ1n) is 6.93. The summed E-state index contributed by atoms with van der Waals surface area (Å²) < 4.78 is 5.05. The Morgan fingerprint density at radius 2 is 1.10 bits per heavy atom. The second kappa shape index (κ2) is 7.24. The van der Waals surface area contributed by atoms with Crippen molar-refractivity contribution in [3.63, 3.8) is 0 Å². The first kappa shape index (κ1) is 15.5. The van der Waals surface area contributed by atoms with Crippen molar-refractivity contribution in [2.45, 2.75) is 0 Å². The summed E-state index contributed by atoms with van der Waals surface area (Å²) in [6.07, 6.45) is 0. The molecule has 2 aromatic carbocycles. The Balaban J connectivity index is 2.49. The number of guanidine groups is 1. The molecule has 0 bridgehead atoms. The molecule has 2 aromatic rings. The Labute approximate surface area is 128 Å². The summed E-state index contributed by atoms with van der Waals surface area (Å²) in [7, 11) is 7.37. The standard InChI is InChI=1S/C17H22N3P/c1-19(2)17(20(3)4)18-21(15-11-7-5-8-12-15)16-13-9-6-10-14-16/h5-14H,1-4H3. The van der Waals surface area contributed by atoms with Crippen molar-refractivity contribution in [1.29, 1.82) is 0 Å². The van der Waals surface area contributed by atoms with Crippen molar-refractivity contribution >= 4 is 24.6 Å². The molecule has 0 atom stereocenters. The SMILES string of the molecule is CN(C)C(=NP(c1ccccc1)c1ccccc1)N(C)C. The van der Waals surface area contributed by atoms with E-state index in [2.05, 4.69) is 58.3 Å². The number of hydrogen-bond acceptors (Lipinski definition) is 1. The van der Waals surface area contributed by atoms with E-state index >= 15 is 0 Å². The molecular formula is C17H22N3P. The van der Waals surface area contributed by atoms with Crippen LogP contribution in [-0.2, 0) is 0 Å². The second-order valence-electron chi connectivity index (χ2n) is 5.17. The van der Waals surface area contributed by atoms with E-state index in [0.717, 1.165) is 5.96 Å². The molecule has 0 aliphatic rings. The van der Waals surface area contributed by atoms with Gasteiger partial charge in [0.1, 0.15) is 0 Å². The van der Waals surface area contributed by atoms with E-state index in [1.807, 2.05) is 40.3 Å². The molecule has 21 heavy (non-hydrogen) atoms. The maximum Gasteiger partial charge on any atom is 0.199 e. The van der Waals surface area contributed by atoms with Gasteiger partial charge in [-0.15, -0.1) is 0 Å². The average Bonchev–Trinajstić information content (AvgIpc) is 2.49. The number of nitrogens with zero attached hydrogens (tertiary/aromatic N) is 3. The van der Waals surface area contributed by atoms with Crippen LogP contribution in [0.1, 0.15) is 0 Å². The molecule has 2 rings (SSSR count). The molecule has 0 unspecified atom stereocenters. The Hall–Kier alpha value is -1.86. The van der Waals surface area contributed by atoms with Gasteiger partial charge in [0.05, 0.1) is 8.07 Å². The predicted octanol–water partition coefficient (Wildman–Crippen LogP) is 2.51. The summed E-state index contributed by atoms with van der Waals surface area (Å²) in [4.78, 5) is 4.11. The quantitative estimate of drug-likeness (QED) is 0.493. The molecule has 0 radical (unpaired) electrons. The van der Waals surface area contributed by atoms with Crippen LogP contribution in [0.25, 0.3) is 0 Å². The minimum atomic E-state index is -0.751. The maximum absolute atomic E-state index is 5.05. The molecule has 0 spiro atoms. The summed E-state index contributed by atoms with van der Waals surface area (Å²) in [5.41, 5.74) is 0. The van der Waals surface area contributed by atoms with Gasteiger partial charge in [-0.05, 0) is 0 Å². The first-order valence-corrected chi connectivity index (χ1v) is 8.22. The minimum Gasteiger partial charge on any atom is -0.349 e. The van der Waals surface area contributed by atoms with E-state index in [-0.39, 0.29) is 0 Å². The normalized spacial score (nSPS) is 10.3. The van der Waals surface area contributed by atoms with E-state index in [1.54, 1.807) is 0 Å². The summed E-state index contributed by atoms with van der Waals surface area (Å²) in [5.74, 6) is 0.980. The van der Waals surface area contributed by atoms with Gasteiger partial charge in [0.15, 0.2) is 5.96 Å². The van der Waals surface area contributed by atoms with Gasteiger partial charge in [-0.1, -0.05) is 60.7 Å². The molecule has 110 valence electrons.